The second-order valence-electron chi connectivity index (χ2n) is 8.06. The van der Waals surface area contributed by atoms with Gasteiger partial charge in [-0.15, -0.1) is 0 Å². The zero-order valence-electron chi connectivity index (χ0n) is 19.7. The first-order valence-corrected chi connectivity index (χ1v) is 11.4. The van der Waals surface area contributed by atoms with E-state index >= 15 is 0 Å². The maximum absolute atomic E-state index is 11.5. The number of carbonyl (C=O) groups is 2. The van der Waals surface area contributed by atoms with Crippen molar-refractivity contribution in [2.45, 2.75) is 52.4 Å². The molecule has 0 bridgehead atoms. The molecule has 33 heavy (non-hydrogen) atoms. The van der Waals surface area contributed by atoms with E-state index in [0.29, 0.717) is 24.4 Å². The van der Waals surface area contributed by atoms with Gasteiger partial charge >= 0.3 is 11.9 Å². The number of carbonyl (C=O) groups excluding carboxylic acids is 2. The van der Waals surface area contributed by atoms with Crippen LogP contribution in [0, 0.1) is 0 Å². The highest BCUT2D eigenvalue weighted by molar-refractivity contribution is 5.87. The first kappa shape index (κ1) is 25.9. The van der Waals surface area contributed by atoms with Crippen LogP contribution in [0.5, 0.6) is 11.5 Å². The molecule has 0 aliphatic rings. The van der Waals surface area contributed by atoms with Crippen molar-refractivity contribution in [2.24, 2.45) is 0 Å². The van der Waals surface area contributed by atoms with Crippen LogP contribution in [0.2, 0.25) is 0 Å². The summed E-state index contributed by atoms with van der Waals surface area (Å²) < 4.78 is 16.6. The summed E-state index contributed by atoms with van der Waals surface area (Å²) in [6.45, 7) is 11.2. The van der Waals surface area contributed by atoms with Crippen LogP contribution in [0.1, 0.15) is 50.7 Å². The van der Waals surface area contributed by atoms with E-state index in [1.807, 2.05) is 36.4 Å². The Hall–Kier alpha value is -3.34. The van der Waals surface area contributed by atoms with E-state index in [9.17, 15) is 9.59 Å². The highest BCUT2D eigenvalue weighted by Crippen LogP contribution is 2.30. The van der Waals surface area contributed by atoms with Crippen molar-refractivity contribution in [1.82, 2.24) is 0 Å². The summed E-state index contributed by atoms with van der Waals surface area (Å²) >= 11 is 0. The van der Waals surface area contributed by atoms with Gasteiger partial charge in [0.15, 0.2) is 0 Å². The minimum absolute atomic E-state index is 0.343. The summed E-state index contributed by atoms with van der Waals surface area (Å²) in [6, 6.07) is 16.0. The molecule has 2 aromatic carbocycles. The molecule has 0 atom stereocenters. The van der Waals surface area contributed by atoms with Gasteiger partial charge in [0.1, 0.15) is 11.5 Å². The van der Waals surface area contributed by atoms with Crippen molar-refractivity contribution in [2.75, 3.05) is 13.2 Å². The van der Waals surface area contributed by atoms with Crippen LogP contribution in [0.15, 0.2) is 72.8 Å². The summed E-state index contributed by atoms with van der Waals surface area (Å²) in [6.07, 6.45) is 4.98. The lowest BCUT2D eigenvalue weighted by atomic mass is 10.1. The van der Waals surface area contributed by atoms with E-state index in [-0.39, 0.29) is 11.9 Å². The largest absolute Gasteiger partial charge is 0.462 e. The number of para-hydroxylation sites is 2. The second kappa shape index (κ2) is 13.9. The molecule has 0 aromatic heterocycles. The van der Waals surface area contributed by atoms with E-state index < -0.39 is 0 Å². The molecule has 0 fully saturated rings. The molecular formula is C28H34O5. The van der Waals surface area contributed by atoms with Crippen LogP contribution >= 0.6 is 0 Å². The molecule has 2 rings (SSSR count). The van der Waals surface area contributed by atoms with E-state index in [2.05, 4.69) is 25.3 Å². The van der Waals surface area contributed by atoms with E-state index in [1.54, 1.807) is 13.8 Å². The molecule has 5 heteroatoms. The summed E-state index contributed by atoms with van der Waals surface area (Å²) in [7, 11) is 0. The Labute approximate surface area is 197 Å². The van der Waals surface area contributed by atoms with Gasteiger partial charge in [0, 0.05) is 11.1 Å². The number of hydrogen-bond donors (Lipinski definition) is 0. The summed E-state index contributed by atoms with van der Waals surface area (Å²) in [5.74, 6) is 0.979. The van der Waals surface area contributed by atoms with E-state index in [4.69, 9.17) is 14.2 Å². The van der Waals surface area contributed by atoms with Crippen LogP contribution in [-0.2, 0) is 31.9 Å². The highest BCUT2D eigenvalue weighted by atomic mass is 16.5. The molecule has 0 saturated carbocycles. The minimum Gasteiger partial charge on any atom is -0.462 e. The van der Waals surface area contributed by atoms with Gasteiger partial charge in [-0.2, -0.15) is 0 Å². The normalized spacial score (nSPS) is 10.4. The van der Waals surface area contributed by atoms with Crippen molar-refractivity contribution in [3.05, 3.63) is 84.0 Å². The van der Waals surface area contributed by atoms with Crippen molar-refractivity contribution in [3.8, 4) is 11.5 Å². The third-order valence-corrected chi connectivity index (χ3v) is 5.01. The fraction of sp³-hybridized carbons (Fsp3) is 0.357. The SMILES string of the molecule is C=C(C)C(=O)OCCCCc1ccccc1Oc1ccccc1CCCCOC(=O)C(=C)C. The van der Waals surface area contributed by atoms with Gasteiger partial charge < -0.3 is 14.2 Å². The van der Waals surface area contributed by atoms with Gasteiger partial charge in [0.25, 0.3) is 0 Å². The van der Waals surface area contributed by atoms with Crippen molar-refractivity contribution in [1.29, 1.82) is 0 Å². The second-order valence-corrected chi connectivity index (χ2v) is 8.06. The Kier molecular flexibility index (Phi) is 10.9. The Morgan fingerprint density at radius 1 is 0.667 bits per heavy atom. The first-order valence-electron chi connectivity index (χ1n) is 11.4. The molecule has 0 amide bonds. The summed E-state index contributed by atoms with van der Waals surface area (Å²) in [4.78, 5) is 22.9. The van der Waals surface area contributed by atoms with E-state index in [0.717, 1.165) is 61.2 Å². The molecule has 0 N–H and O–H groups in total. The average Bonchev–Trinajstić information content (AvgIpc) is 2.80. The molecule has 2 aromatic rings. The number of ether oxygens (including phenoxy) is 3. The average molecular weight is 451 g/mol. The maximum atomic E-state index is 11.5. The van der Waals surface area contributed by atoms with Crippen molar-refractivity contribution in [3.63, 3.8) is 0 Å². The number of hydrogen-bond acceptors (Lipinski definition) is 5. The molecule has 176 valence electrons. The highest BCUT2D eigenvalue weighted by Gasteiger charge is 2.09. The number of unbranched alkanes of at least 4 members (excludes halogenated alkanes) is 2. The molecule has 0 unspecified atom stereocenters. The lowest BCUT2D eigenvalue weighted by Crippen LogP contribution is -2.06. The van der Waals surface area contributed by atoms with Gasteiger partial charge in [-0.1, -0.05) is 49.6 Å². The van der Waals surface area contributed by atoms with Gasteiger partial charge in [0.05, 0.1) is 13.2 Å². The molecular weight excluding hydrogens is 416 g/mol. The fourth-order valence-electron chi connectivity index (χ4n) is 3.15. The van der Waals surface area contributed by atoms with Gasteiger partial charge in [-0.3, -0.25) is 0 Å². The first-order chi connectivity index (χ1) is 15.9. The fourth-order valence-corrected chi connectivity index (χ4v) is 3.15. The topological polar surface area (TPSA) is 61.8 Å². The summed E-state index contributed by atoms with van der Waals surface area (Å²) in [5, 5.41) is 0. The Bertz CT molecular complexity index is 883. The van der Waals surface area contributed by atoms with Gasteiger partial charge in [-0.25, -0.2) is 9.59 Å². The number of aryl methyl sites for hydroxylation is 2. The smallest absolute Gasteiger partial charge is 0.333 e. The zero-order valence-corrected chi connectivity index (χ0v) is 19.7. The summed E-state index contributed by atoms with van der Waals surface area (Å²) in [5.41, 5.74) is 3.07. The monoisotopic (exact) mass is 450 g/mol. The number of rotatable bonds is 14. The molecule has 0 spiro atoms. The van der Waals surface area contributed by atoms with Gasteiger partial charge in [0.2, 0.25) is 0 Å². The van der Waals surface area contributed by atoms with Crippen LogP contribution in [-0.4, -0.2) is 25.2 Å². The Morgan fingerprint density at radius 2 is 1.06 bits per heavy atom. The lowest BCUT2D eigenvalue weighted by Gasteiger charge is -2.14. The van der Waals surface area contributed by atoms with E-state index in [1.165, 1.54) is 0 Å². The predicted molar refractivity (Wildman–Crippen MR) is 130 cm³/mol. The number of benzene rings is 2. The minimum atomic E-state index is -0.343. The molecule has 0 radical (unpaired) electrons. The Balaban J connectivity index is 1.88. The predicted octanol–water partition coefficient (Wildman–Crippen LogP) is 6.36. The quantitative estimate of drug-likeness (QED) is 0.190. The van der Waals surface area contributed by atoms with Crippen LogP contribution in [0.3, 0.4) is 0 Å². The third kappa shape index (κ3) is 9.36. The lowest BCUT2D eigenvalue weighted by molar-refractivity contribution is -0.139. The van der Waals surface area contributed by atoms with Crippen molar-refractivity contribution < 1.29 is 23.8 Å². The zero-order chi connectivity index (χ0) is 24.1. The molecule has 0 saturated heterocycles. The molecule has 0 heterocycles. The van der Waals surface area contributed by atoms with Crippen LogP contribution < -0.4 is 4.74 Å². The van der Waals surface area contributed by atoms with Crippen molar-refractivity contribution >= 4 is 11.9 Å². The Morgan fingerprint density at radius 3 is 1.45 bits per heavy atom. The maximum Gasteiger partial charge on any atom is 0.333 e. The molecule has 0 aliphatic heterocycles. The molecule has 5 nitrogen and oxygen atoms in total. The number of esters is 2. The van der Waals surface area contributed by atoms with Crippen LogP contribution in [0.4, 0.5) is 0 Å². The third-order valence-electron chi connectivity index (χ3n) is 5.01. The van der Waals surface area contributed by atoms with Gasteiger partial charge in [-0.05, 0) is 75.6 Å². The molecule has 0 aliphatic carbocycles. The standard InChI is InChI=1S/C28H34O5/c1-21(2)27(29)31-19-11-9-15-23-13-5-7-17-25(23)33-26-18-8-6-14-24(26)16-10-12-20-32-28(30)22(3)4/h5-8,13-14,17-18H,1,3,9-12,15-16,19-20H2,2,4H3. The van der Waals surface area contributed by atoms with Crippen LogP contribution in [0.25, 0.3) is 0 Å².